The zero-order chi connectivity index (χ0) is 30.7. The standard InChI is InChI=1S/C31H25F3N2O6S/c1-41-31(38)21-8-13-29(26(34)16-21)42-15-14-35-30(37)28-17-20-4-2-3-5-27(20)36(28)43(39,40)23-10-6-19(7-11-23)24-12-9-22(32)18-25(24)33/h2-13,16,18,28H,14-15,17H2,1H3,(H,35,37)/t28-/m0/s1. The van der Waals surface area contributed by atoms with E-state index in [2.05, 4.69) is 10.1 Å². The molecular formula is C31H25F3N2O6S. The summed E-state index contributed by atoms with van der Waals surface area (Å²) >= 11 is 0. The average molecular weight is 611 g/mol. The van der Waals surface area contributed by atoms with E-state index in [-0.39, 0.29) is 41.3 Å². The number of amides is 1. The van der Waals surface area contributed by atoms with Crippen LogP contribution in [0.1, 0.15) is 15.9 Å². The molecule has 8 nitrogen and oxygen atoms in total. The third kappa shape index (κ3) is 6.05. The lowest BCUT2D eigenvalue weighted by atomic mass is 10.1. The molecule has 0 spiro atoms. The number of hydrogen-bond donors (Lipinski definition) is 1. The molecule has 1 aliphatic rings. The number of carbonyl (C=O) groups is 2. The largest absolute Gasteiger partial charge is 0.489 e. The van der Waals surface area contributed by atoms with Crippen molar-refractivity contribution in [2.24, 2.45) is 0 Å². The van der Waals surface area contributed by atoms with Crippen molar-refractivity contribution in [2.75, 3.05) is 24.6 Å². The number of sulfonamides is 1. The first kappa shape index (κ1) is 29.6. The van der Waals surface area contributed by atoms with Crippen LogP contribution < -0.4 is 14.4 Å². The van der Waals surface area contributed by atoms with Crippen molar-refractivity contribution in [1.82, 2.24) is 5.32 Å². The smallest absolute Gasteiger partial charge is 0.337 e. The van der Waals surface area contributed by atoms with E-state index >= 15 is 0 Å². The Morgan fingerprint density at radius 3 is 2.37 bits per heavy atom. The number of para-hydroxylation sites is 1. The van der Waals surface area contributed by atoms with Crippen LogP contribution in [0.5, 0.6) is 5.75 Å². The lowest BCUT2D eigenvalue weighted by Crippen LogP contribution is -2.48. The summed E-state index contributed by atoms with van der Waals surface area (Å²) in [4.78, 5) is 24.7. The summed E-state index contributed by atoms with van der Waals surface area (Å²) in [7, 11) is -3.08. The fourth-order valence-corrected chi connectivity index (χ4v) is 6.46. The summed E-state index contributed by atoms with van der Waals surface area (Å²) in [5, 5.41) is 2.64. The van der Waals surface area contributed by atoms with Gasteiger partial charge >= 0.3 is 5.97 Å². The van der Waals surface area contributed by atoms with Crippen molar-refractivity contribution in [2.45, 2.75) is 17.4 Å². The average Bonchev–Trinajstić information content (AvgIpc) is 3.40. The van der Waals surface area contributed by atoms with E-state index in [1.807, 2.05) is 0 Å². The highest BCUT2D eigenvalue weighted by molar-refractivity contribution is 7.93. The van der Waals surface area contributed by atoms with Gasteiger partial charge in [-0.2, -0.15) is 0 Å². The Hall–Kier alpha value is -4.84. The lowest BCUT2D eigenvalue weighted by Gasteiger charge is -2.26. The Morgan fingerprint density at radius 2 is 1.67 bits per heavy atom. The molecule has 0 aromatic heterocycles. The van der Waals surface area contributed by atoms with Crippen LogP contribution in [0.3, 0.4) is 0 Å². The second-order valence-corrected chi connectivity index (χ2v) is 11.4. The summed E-state index contributed by atoms with van der Waals surface area (Å²) in [6, 6.07) is 17.7. The number of halogens is 3. The van der Waals surface area contributed by atoms with E-state index in [0.717, 1.165) is 22.5 Å². The normalized spacial score (nSPS) is 14.2. The van der Waals surface area contributed by atoms with Crippen molar-refractivity contribution < 1.29 is 40.7 Å². The van der Waals surface area contributed by atoms with Gasteiger partial charge in [-0.25, -0.2) is 26.4 Å². The number of hydrogen-bond acceptors (Lipinski definition) is 6. The number of nitrogens with zero attached hydrogens (tertiary/aromatic N) is 1. The van der Waals surface area contributed by atoms with Gasteiger partial charge in [-0.15, -0.1) is 0 Å². The first-order chi connectivity index (χ1) is 20.6. The Bertz CT molecular complexity index is 1800. The monoisotopic (exact) mass is 610 g/mol. The molecule has 0 radical (unpaired) electrons. The molecule has 0 bridgehead atoms. The molecule has 43 heavy (non-hydrogen) atoms. The van der Waals surface area contributed by atoms with Gasteiger partial charge in [0.05, 0.1) is 29.8 Å². The molecule has 1 N–H and O–H groups in total. The minimum Gasteiger partial charge on any atom is -0.489 e. The number of methoxy groups -OCH3 is 1. The summed E-state index contributed by atoms with van der Waals surface area (Å²) in [6.45, 7) is -0.191. The molecular weight excluding hydrogens is 585 g/mol. The van der Waals surface area contributed by atoms with Gasteiger partial charge in [0.25, 0.3) is 10.0 Å². The number of rotatable bonds is 9. The van der Waals surface area contributed by atoms with Crippen molar-refractivity contribution in [3.63, 3.8) is 0 Å². The summed E-state index contributed by atoms with van der Waals surface area (Å²) in [5.41, 5.74) is 1.47. The Morgan fingerprint density at radius 1 is 0.930 bits per heavy atom. The van der Waals surface area contributed by atoms with Crippen molar-refractivity contribution in [3.8, 4) is 16.9 Å². The van der Waals surface area contributed by atoms with Gasteiger partial charge in [0.2, 0.25) is 5.91 Å². The predicted octanol–water partition coefficient (Wildman–Crippen LogP) is 4.87. The van der Waals surface area contributed by atoms with E-state index in [0.29, 0.717) is 16.8 Å². The number of anilines is 1. The number of fused-ring (bicyclic) bond motifs is 1. The van der Waals surface area contributed by atoms with Gasteiger partial charge in [0.15, 0.2) is 11.6 Å². The summed E-state index contributed by atoms with van der Waals surface area (Å²) in [6.07, 6.45) is 0.116. The maximum Gasteiger partial charge on any atom is 0.337 e. The first-order valence-electron chi connectivity index (χ1n) is 13.1. The molecule has 0 fully saturated rings. The van der Waals surface area contributed by atoms with Crippen molar-refractivity contribution in [3.05, 3.63) is 114 Å². The van der Waals surface area contributed by atoms with Crippen LogP contribution in [0.15, 0.2) is 89.8 Å². The van der Waals surface area contributed by atoms with Gasteiger partial charge in [-0.05, 0) is 59.7 Å². The van der Waals surface area contributed by atoms with E-state index in [4.69, 9.17) is 4.74 Å². The highest BCUT2D eigenvalue weighted by Gasteiger charge is 2.42. The summed E-state index contributed by atoms with van der Waals surface area (Å²) in [5.74, 6) is -3.73. The van der Waals surface area contributed by atoms with Crippen LogP contribution in [0, 0.1) is 17.5 Å². The van der Waals surface area contributed by atoms with Gasteiger partial charge in [-0.1, -0.05) is 30.3 Å². The van der Waals surface area contributed by atoms with E-state index in [9.17, 15) is 31.2 Å². The Kier molecular flexibility index (Phi) is 8.40. The third-order valence-electron chi connectivity index (χ3n) is 6.89. The molecule has 4 aromatic rings. The number of carbonyl (C=O) groups excluding carboxylic acids is 2. The lowest BCUT2D eigenvalue weighted by molar-refractivity contribution is -0.122. The van der Waals surface area contributed by atoms with Crippen LogP contribution in [-0.4, -0.2) is 46.6 Å². The molecule has 222 valence electrons. The molecule has 0 unspecified atom stereocenters. The quantitative estimate of drug-likeness (QED) is 0.214. The fourth-order valence-electron chi connectivity index (χ4n) is 4.81. The maximum atomic E-state index is 14.3. The zero-order valence-electron chi connectivity index (χ0n) is 22.7. The second kappa shape index (κ2) is 12.2. The molecule has 0 saturated carbocycles. The van der Waals surface area contributed by atoms with E-state index < -0.39 is 45.4 Å². The van der Waals surface area contributed by atoms with Gasteiger partial charge in [0, 0.05) is 18.1 Å². The molecule has 1 atom stereocenters. The van der Waals surface area contributed by atoms with Gasteiger partial charge in [-0.3, -0.25) is 9.10 Å². The predicted molar refractivity (Wildman–Crippen MR) is 152 cm³/mol. The van der Waals surface area contributed by atoms with Gasteiger partial charge < -0.3 is 14.8 Å². The third-order valence-corrected chi connectivity index (χ3v) is 8.73. The second-order valence-electron chi connectivity index (χ2n) is 9.57. The molecule has 12 heteroatoms. The fraction of sp³-hybridized carbons (Fsp3) is 0.161. The SMILES string of the molecule is COC(=O)c1ccc(OCCNC(=O)[C@@H]2Cc3ccccc3N2S(=O)(=O)c2ccc(-c3ccc(F)cc3F)cc2)c(F)c1. The minimum atomic E-state index is -4.25. The van der Waals surface area contributed by atoms with Crippen molar-refractivity contribution in [1.29, 1.82) is 0 Å². The first-order valence-corrected chi connectivity index (χ1v) is 14.5. The molecule has 0 saturated heterocycles. The summed E-state index contributed by atoms with van der Waals surface area (Å²) < 4.78 is 80.6. The highest BCUT2D eigenvalue weighted by atomic mass is 32.2. The van der Waals surface area contributed by atoms with Crippen LogP contribution in [0.2, 0.25) is 0 Å². The van der Waals surface area contributed by atoms with Crippen LogP contribution in [0.25, 0.3) is 11.1 Å². The van der Waals surface area contributed by atoms with Crippen LogP contribution in [0.4, 0.5) is 18.9 Å². The topological polar surface area (TPSA) is 102 Å². The van der Waals surface area contributed by atoms with E-state index in [1.165, 1.54) is 49.6 Å². The number of benzene rings is 4. The molecule has 5 rings (SSSR count). The number of esters is 1. The Balaban J connectivity index is 1.31. The molecule has 0 aliphatic carbocycles. The molecule has 1 aliphatic heterocycles. The number of nitrogens with one attached hydrogen (secondary N) is 1. The number of ether oxygens (including phenoxy) is 2. The van der Waals surface area contributed by atoms with Gasteiger partial charge in [0.1, 0.15) is 24.3 Å². The van der Waals surface area contributed by atoms with E-state index in [1.54, 1.807) is 24.3 Å². The van der Waals surface area contributed by atoms with Crippen LogP contribution in [-0.2, 0) is 26.0 Å². The van der Waals surface area contributed by atoms with Crippen molar-refractivity contribution >= 4 is 27.6 Å². The molecule has 4 aromatic carbocycles. The molecule has 1 amide bonds. The molecule has 1 heterocycles. The zero-order valence-corrected chi connectivity index (χ0v) is 23.5. The minimum absolute atomic E-state index is 0.0139. The highest BCUT2D eigenvalue weighted by Crippen LogP contribution is 2.37. The maximum absolute atomic E-state index is 14.3. The van der Waals surface area contributed by atoms with Crippen LogP contribution >= 0.6 is 0 Å². The Labute approximate surface area is 245 Å².